The second-order valence-corrected chi connectivity index (χ2v) is 5.60. The number of rotatable bonds is 2. The van der Waals surface area contributed by atoms with Gasteiger partial charge in [0.2, 0.25) is 0 Å². The van der Waals surface area contributed by atoms with Gasteiger partial charge in [0.1, 0.15) is 5.78 Å². The molecule has 0 radical (unpaired) electrons. The largest absolute Gasteiger partial charge is 0.300 e. The number of piperidine rings is 1. The van der Waals surface area contributed by atoms with Crippen LogP contribution in [0.25, 0.3) is 0 Å². The molecule has 2 rings (SSSR count). The average molecular weight is 223 g/mol. The zero-order valence-electron chi connectivity index (χ0n) is 10.6. The first-order valence-corrected chi connectivity index (χ1v) is 7.04. The number of Topliss-reactive ketones (excluding diaryl/α,β-unsaturated/α-hetero) is 1. The first-order valence-electron chi connectivity index (χ1n) is 7.04. The number of hydrogen-bond acceptors (Lipinski definition) is 2. The van der Waals surface area contributed by atoms with Crippen LogP contribution in [0, 0.1) is 5.92 Å². The number of hydrogen-bond donors (Lipinski definition) is 0. The maximum absolute atomic E-state index is 12.0. The normalized spacial score (nSPS) is 33.7. The molecule has 2 unspecified atom stereocenters. The topological polar surface area (TPSA) is 20.3 Å². The van der Waals surface area contributed by atoms with Crippen LogP contribution in [-0.2, 0) is 4.79 Å². The predicted molar refractivity (Wildman–Crippen MR) is 66.5 cm³/mol. The summed E-state index contributed by atoms with van der Waals surface area (Å²) in [6, 6.07) is 0.699. The molecule has 1 aliphatic carbocycles. The van der Waals surface area contributed by atoms with Crippen LogP contribution in [0.15, 0.2) is 0 Å². The van der Waals surface area contributed by atoms with Crippen LogP contribution >= 0.6 is 0 Å². The summed E-state index contributed by atoms with van der Waals surface area (Å²) < 4.78 is 0. The fourth-order valence-electron chi connectivity index (χ4n) is 3.14. The molecule has 0 spiro atoms. The third kappa shape index (κ3) is 3.07. The van der Waals surface area contributed by atoms with Crippen molar-refractivity contribution in [3.63, 3.8) is 0 Å². The third-order valence-electron chi connectivity index (χ3n) is 4.33. The first kappa shape index (κ1) is 12.1. The fraction of sp³-hybridized carbons (Fsp3) is 0.929. The molecule has 0 aromatic rings. The Morgan fingerprint density at radius 2 is 1.94 bits per heavy atom. The maximum Gasteiger partial charge on any atom is 0.137 e. The quantitative estimate of drug-likeness (QED) is 0.671. The molecule has 2 fully saturated rings. The summed E-state index contributed by atoms with van der Waals surface area (Å²) in [6.45, 7) is 4.57. The number of carbonyl (C=O) groups excluding carboxylic acids is 1. The highest BCUT2D eigenvalue weighted by Crippen LogP contribution is 2.24. The van der Waals surface area contributed by atoms with Gasteiger partial charge in [-0.1, -0.05) is 19.3 Å². The second-order valence-electron chi connectivity index (χ2n) is 5.60. The Bertz CT molecular complexity index is 239. The van der Waals surface area contributed by atoms with Crippen molar-refractivity contribution in [3.8, 4) is 0 Å². The average Bonchev–Trinajstić information content (AvgIpc) is 2.48. The molecule has 1 heterocycles. The van der Waals surface area contributed by atoms with Gasteiger partial charge in [-0.15, -0.1) is 0 Å². The van der Waals surface area contributed by atoms with E-state index < -0.39 is 0 Å². The number of ketones is 1. The Labute approximate surface area is 99.4 Å². The maximum atomic E-state index is 12.0. The summed E-state index contributed by atoms with van der Waals surface area (Å²) in [5, 5.41) is 0. The monoisotopic (exact) mass is 223 g/mol. The van der Waals surface area contributed by atoms with Crippen LogP contribution in [0.5, 0.6) is 0 Å². The van der Waals surface area contributed by atoms with Gasteiger partial charge in [-0.25, -0.2) is 0 Å². The van der Waals surface area contributed by atoms with Crippen molar-refractivity contribution in [1.29, 1.82) is 0 Å². The van der Waals surface area contributed by atoms with E-state index in [4.69, 9.17) is 0 Å². The number of likely N-dealkylation sites (tertiary alicyclic amines) is 1. The Morgan fingerprint density at radius 3 is 2.75 bits per heavy atom. The molecule has 2 nitrogen and oxygen atoms in total. The predicted octanol–water partition coefficient (Wildman–Crippen LogP) is 3.01. The van der Waals surface area contributed by atoms with Gasteiger partial charge in [-0.2, -0.15) is 0 Å². The Kier molecular flexibility index (Phi) is 4.39. The van der Waals surface area contributed by atoms with E-state index in [0.717, 1.165) is 25.8 Å². The van der Waals surface area contributed by atoms with E-state index in [0.29, 0.717) is 17.7 Å². The van der Waals surface area contributed by atoms with Crippen LogP contribution in [0.4, 0.5) is 0 Å². The van der Waals surface area contributed by atoms with Gasteiger partial charge in [0.25, 0.3) is 0 Å². The van der Waals surface area contributed by atoms with E-state index in [9.17, 15) is 4.79 Å². The van der Waals surface area contributed by atoms with Gasteiger partial charge in [-0.05, 0) is 39.2 Å². The van der Waals surface area contributed by atoms with E-state index in [2.05, 4.69) is 11.8 Å². The van der Waals surface area contributed by atoms with Gasteiger partial charge in [-0.3, -0.25) is 9.69 Å². The minimum Gasteiger partial charge on any atom is -0.300 e. The molecule has 1 saturated carbocycles. The van der Waals surface area contributed by atoms with Crippen LogP contribution < -0.4 is 0 Å². The molecule has 16 heavy (non-hydrogen) atoms. The molecular weight excluding hydrogens is 198 g/mol. The minimum absolute atomic E-state index is 0.350. The van der Waals surface area contributed by atoms with Crippen molar-refractivity contribution >= 4 is 5.78 Å². The Morgan fingerprint density at radius 1 is 1.12 bits per heavy atom. The molecule has 1 saturated heterocycles. The van der Waals surface area contributed by atoms with E-state index >= 15 is 0 Å². The molecule has 0 aromatic carbocycles. The first-order chi connectivity index (χ1) is 7.77. The molecule has 1 aliphatic heterocycles. The summed E-state index contributed by atoms with van der Waals surface area (Å²) >= 11 is 0. The fourth-order valence-corrected chi connectivity index (χ4v) is 3.14. The van der Waals surface area contributed by atoms with Crippen LogP contribution in [0.3, 0.4) is 0 Å². The van der Waals surface area contributed by atoms with Gasteiger partial charge >= 0.3 is 0 Å². The highest BCUT2D eigenvalue weighted by atomic mass is 16.1. The highest BCUT2D eigenvalue weighted by Gasteiger charge is 2.26. The molecule has 2 heteroatoms. The van der Waals surface area contributed by atoms with E-state index in [1.165, 1.54) is 38.6 Å². The van der Waals surface area contributed by atoms with Crippen LogP contribution in [0.2, 0.25) is 0 Å². The smallest absolute Gasteiger partial charge is 0.137 e. The standard InChI is InChI=1S/C14H25NO/c1-12-7-5-6-10-15(12)11-13-8-3-2-4-9-14(13)16/h12-13H,2-11H2,1H3. The number of nitrogens with zero attached hydrogens (tertiary/aromatic N) is 1. The zero-order chi connectivity index (χ0) is 11.4. The molecule has 0 bridgehead atoms. The minimum atomic E-state index is 0.350. The zero-order valence-corrected chi connectivity index (χ0v) is 10.6. The van der Waals surface area contributed by atoms with Crippen LogP contribution in [-0.4, -0.2) is 29.8 Å². The highest BCUT2D eigenvalue weighted by molar-refractivity contribution is 5.81. The van der Waals surface area contributed by atoms with Crippen molar-refractivity contribution in [3.05, 3.63) is 0 Å². The Hall–Kier alpha value is -0.370. The van der Waals surface area contributed by atoms with E-state index in [1.807, 2.05) is 0 Å². The van der Waals surface area contributed by atoms with Crippen LogP contribution in [0.1, 0.15) is 58.3 Å². The lowest BCUT2D eigenvalue weighted by molar-refractivity contribution is -0.123. The molecule has 92 valence electrons. The van der Waals surface area contributed by atoms with E-state index in [-0.39, 0.29) is 0 Å². The second kappa shape index (κ2) is 5.81. The molecule has 0 amide bonds. The lowest BCUT2D eigenvalue weighted by atomic mass is 9.95. The lowest BCUT2D eigenvalue weighted by Gasteiger charge is -2.35. The van der Waals surface area contributed by atoms with E-state index in [1.54, 1.807) is 0 Å². The van der Waals surface area contributed by atoms with Crippen molar-refractivity contribution in [1.82, 2.24) is 4.90 Å². The van der Waals surface area contributed by atoms with Crippen molar-refractivity contribution in [2.75, 3.05) is 13.1 Å². The van der Waals surface area contributed by atoms with Gasteiger partial charge in [0.05, 0.1) is 0 Å². The summed E-state index contributed by atoms with van der Waals surface area (Å²) in [5.41, 5.74) is 0. The van der Waals surface area contributed by atoms with Crippen molar-refractivity contribution < 1.29 is 4.79 Å². The lowest BCUT2D eigenvalue weighted by Crippen LogP contribution is -2.42. The molecule has 2 aliphatic rings. The van der Waals surface area contributed by atoms with Gasteiger partial charge in [0.15, 0.2) is 0 Å². The van der Waals surface area contributed by atoms with Gasteiger partial charge in [0, 0.05) is 24.9 Å². The third-order valence-corrected chi connectivity index (χ3v) is 4.33. The molecule has 0 N–H and O–H groups in total. The van der Waals surface area contributed by atoms with Crippen molar-refractivity contribution in [2.24, 2.45) is 5.92 Å². The summed E-state index contributed by atoms with van der Waals surface area (Å²) in [7, 11) is 0. The SMILES string of the molecule is CC1CCCCN1CC1CCCCCC1=O. The van der Waals surface area contributed by atoms with Gasteiger partial charge < -0.3 is 0 Å². The summed E-state index contributed by atoms with van der Waals surface area (Å²) in [4.78, 5) is 14.5. The Balaban J connectivity index is 1.88. The summed E-state index contributed by atoms with van der Waals surface area (Å²) in [6.07, 6.45) is 9.65. The summed E-state index contributed by atoms with van der Waals surface area (Å²) in [5.74, 6) is 0.887. The molecular formula is C14H25NO. The van der Waals surface area contributed by atoms with Crippen molar-refractivity contribution in [2.45, 2.75) is 64.3 Å². The molecule has 0 aromatic heterocycles. The molecule has 2 atom stereocenters. The number of carbonyl (C=O) groups is 1.